The molecule has 32 heavy (non-hydrogen) atoms. The molecular formula is C22H22FN5O3S. The van der Waals surface area contributed by atoms with Gasteiger partial charge in [0.25, 0.3) is 5.91 Å². The van der Waals surface area contributed by atoms with Crippen molar-refractivity contribution in [2.24, 2.45) is 0 Å². The first-order valence-corrected chi connectivity index (χ1v) is 10.6. The smallest absolute Gasteiger partial charge is 0.266 e. The van der Waals surface area contributed by atoms with Crippen LogP contribution in [0.15, 0.2) is 24.3 Å². The molecule has 0 fully saturated rings. The van der Waals surface area contributed by atoms with Crippen molar-refractivity contribution < 1.29 is 18.7 Å². The number of aryl methyl sites for hydroxylation is 3. The van der Waals surface area contributed by atoms with E-state index in [4.69, 9.17) is 9.47 Å². The second-order valence-corrected chi connectivity index (χ2v) is 8.28. The number of fused-ring (bicyclic) bond motifs is 1. The third-order valence-corrected chi connectivity index (χ3v) is 6.10. The van der Waals surface area contributed by atoms with Gasteiger partial charge in [-0.2, -0.15) is 10.1 Å². The van der Waals surface area contributed by atoms with Crippen LogP contribution in [0, 0.1) is 26.6 Å². The summed E-state index contributed by atoms with van der Waals surface area (Å²) in [4.78, 5) is 22.9. The molecule has 0 radical (unpaired) electrons. The summed E-state index contributed by atoms with van der Waals surface area (Å²) in [5.74, 6) is -0.0000763. The molecule has 0 saturated carbocycles. The van der Waals surface area contributed by atoms with Crippen LogP contribution in [-0.2, 0) is 11.3 Å². The number of anilines is 1. The number of benzene rings is 1. The summed E-state index contributed by atoms with van der Waals surface area (Å²) in [6.45, 7) is 5.74. The Morgan fingerprint density at radius 3 is 2.59 bits per heavy atom. The fourth-order valence-electron chi connectivity index (χ4n) is 3.52. The van der Waals surface area contributed by atoms with E-state index in [1.165, 1.54) is 29.2 Å². The maximum absolute atomic E-state index is 14.8. The Morgan fingerprint density at radius 1 is 1.19 bits per heavy atom. The molecule has 3 heterocycles. The Bertz CT molecular complexity index is 1330. The van der Waals surface area contributed by atoms with Crippen LogP contribution < -0.4 is 10.1 Å². The number of nitrogens with one attached hydrogen (secondary N) is 1. The maximum Gasteiger partial charge on any atom is 0.266 e. The first kappa shape index (κ1) is 21.8. The second-order valence-electron chi connectivity index (χ2n) is 7.28. The van der Waals surface area contributed by atoms with Crippen LogP contribution in [0.1, 0.15) is 32.4 Å². The van der Waals surface area contributed by atoms with Crippen molar-refractivity contribution in [1.29, 1.82) is 0 Å². The topological polar surface area (TPSA) is 91.2 Å². The number of halogens is 1. The number of nitrogens with zero attached hydrogens (tertiary/aromatic N) is 4. The van der Waals surface area contributed by atoms with Crippen molar-refractivity contribution in [3.63, 3.8) is 0 Å². The molecule has 1 amide bonds. The Labute approximate surface area is 188 Å². The van der Waals surface area contributed by atoms with Gasteiger partial charge >= 0.3 is 0 Å². The van der Waals surface area contributed by atoms with Gasteiger partial charge in [-0.15, -0.1) is 11.3 Å². The first-order valence-electron chi connectivity index (χ1n) is 9.79. The Balaban J connectivity index is 1.65. The third-order valence-electron chi connectivity index (χ3n) is 4.92. The number of carbonyl (C=O) groups excluding carboxylic acids is 1. The van der Waals surface area contributed by atoms with Crippen molar-refractivity contribution in [3.05, 3.63) is 57.7 Å². The molecule has 166 valence electrons. The zero-order valence-electron chi connectivity index (χ0n) is 18.3. The molecule has 0 aliphatic heterocycles. The molecule has 0 bridgehead atoms. The van der Waals surface area contributed by atoms with Crippen LogP contribution in [0.5, 0.6) is 5.88 Å². The second kappa shape index (κ2) is 8.64. The lowest BCUT2D eigenvalue weighted by molar-refractivity contribution is 0.103. The van der Waals surface area contributed by atoms with Crippen LogP contribution in [-0.4, -0.2) is 39.9 Å². The summed E-state index contributed by atoms with van der Waals surface area (Å²) in [6.07, 6.45) is 0. The number of rotatable bonds is 6. The summed E-state index contributed by atoms with van der Waals surface area (Å²) in [5.41, 5.74) is 2.97. The molecule has 0 aliphatic rings. The molecular weight excluding hydrogens is 433 g/mol. The molecule has 1 aromatic carbocycles. The first-order chi connectivity index (χ1) is 15.3. The quantitative estimate of drug-likeness (QED) is 0.465. The Hall–Kier alpha value is -3.37. The number of methoxy groups -OCH3 is 2. The number of carbonyl (C=O) groups is 1. The number of thiophene rings is 1. The van der Waals surface area contributed by atoms with E-state index in [0.29, 0.717) is 43.7 Å². The van der Waals surface area contributed by atoms with Crippen LogP contribution >= 0.6 is 11.3 Å². The normalized spacial score (nSPS) is 11.2. The summed E-state index contributed by atoms with van der Waals surface area (Å²) in [7, 11) is 3.07. The molecule has 3 aromatic heterocycles. The summed E-state index contributed by atoms with van der Waals surface area (Å²) in [6, 6.07) is 6.39. The zero-order valence-corrected chi connectivity index (χ0v) is 19.1. The van der Waals surface area contributed by atoms with Crippen LogP contribution in [0.4, 0.5) is 10.1 Å². The highest BCUT2D eigenvalue weighted by Gasteiger charge is 2.22. The van der Waals surface area contributed by atoms with Crippen molar-refractivity contribution in [1.82, 2.24) is 19.7 Å². The molecule has 0 saturated heterocycles. The minimum Gasteiger partial charge on any atom is -0.480 e. The molecule has 10 heteroatoms. The van der Waals surface area contributed by atoms with Crippen LogP contribution in [0.25, 0.3) is 15.9 Å². The van der Waals surface area contributed by atoms with E-state index < -0.39 is 5.82 Å². The van der Waals surface area contributed by atoms with E-state index >= 15 is 0 Å². The van der Waals surface area contributed by atoms with E-state index in [2.05, 4.69) is 20.4 Å². The molecule has 0 atom stereocenters. The van der Waals surface area contributed by atoms with Crippen LogP contribution in [0.2, 0.25) is 0 Å². The number of hydrogen-bond donors (Lipinski definition) is 1. The lowest BCUT2D eigenvalue weighted by Gasteiger charge is -2.09. The average molecular weight is 456 g/mol. The van der Waals surface area contributed by atoms with Gasteiger partial charge < -0.3 is 14.8 Å². The van der Waals surface area contributed by atoms with Gasteiger partial charge in [-0.05, 0) is 50.6 Å². The monoisotopic (exact) mass is 455 g/mol. The summed E-state index contributed by atoms with van der Waals surface area (Å²) >= 11 is 1.22. The molecule has 0 aliphatic carbocycles. The van der Waals surface area contributed by atoms with Gasteiger partial charge in [-0.1, -0.05) is 0 Å². The Morgan fingerprint density at radius 2 is 1.97 bits per heavy atom. The SMILES string of the molecule is COCc1nc(OC)c2c(C)c(C(=O)Nc3ccc(-n4nc(C)cc4C)c(F)c3)sc2n1. The number of hydrogen-bond acceptors (Lipinski definition) is 7. The van der Waals surface area contributed by atoms with Gasteiger partial charge in [-0.3, -0.25) is 4.79 Å². The minimum absolute atomic E-state index is 0.228. The van der Waals surface area contributed by atoms with Gasteiger partial charge in [0.1, 0.15) is 17.1 Å². The van der Waals surface area contributed by atoms with Gasteiger partial charge in [0.2, 0.25) is 5.88 Å². The lowest BCUT2D eigenvalue weighted by Crippen LogP contribution is -2.12. The third kappa shape index (κ3) is 3.94. The molecule has 1 N–H and O–H groups in total. The highest BCUT2D eigenvalue weighted by molar-refractivity contribution is 7.20. The van der Waals surface area contributed by atoms with E-state index in [1.54, 1.807) is 19.2 Å². The van der Waals surface area contributed by atoms with Crippen LogP contribution in [0.3, 0.4) is 0 Å². The van der Waals surface area contributed by atoms with Crippen molar-refractivity contribution >= 4 is 33.1 Å². The molecule has 4 aromatic rings. The largest absolute Gasteiger partial charge is 0.480 e. The summed E-state index contributed by atoms with van der Waals surface area (Å²) in [5, 5.41) is 7.75. The highest BCUT2D eigenvalue weighted by atomic mass is 32.1. The molecule has 0 spiro atoms. The lowest BCUT2D eigenvalue weighted by atomic mass is 10.2. The van der Waals surface area contributed by atoms with E-state index in [0.717, 1.165) is 11.4 Å². The van der Waals surface area contributed by atoms with Gasteiger partial charge in [0, 0.05) is 18.5 Å². The van der Waals surface area contributed by atoms with Crippen molar-refractivity contribution in [2.45, 2.75) is 27.4 Å². The molecule has 0 unspecified atom stereocenters. The van der Waals surface area contributed by atoms with Crippen molar-refractivity contribution in [2.75, 3.05) is 19.5 Å². The fraction of sp³-hybridized carbons (Fsp3) is 0.273. The van der Waals surface area contributed by atoms with Crippen molar-refractivity contribution in [3.8, 4) is 11.6 Å². The van der Waals surface area contributed by atoms with E-state index in [-0.39, 0.29) is 12.5 Å². The van der Waals surface area contributed by atoms with Gasteiger partial charge in [0.15, 0.2) is 11.6 Å². The van der Waals surface area contributed by atoms with E-state index in [9.17, 15) is 9.18 Å². The number of amides is 1. The number of aromatic nitrogens is 4. The van der Waals surface area contributed by atoms with Gasteiger partial charge in [-0.25, -0.2) is 14.1 Å². The predicted molar refractivity (Wildman–Crippen MR) is 120 cm³/mol. The Kier molecular flexibility index (Phi) is 5.90. The standard InChI is InChI=1S/C22H22FN5O3S/c1-11-8-12(2)28(27-11)16-7-6-14(9-15(16)23)24-20(29)19-13(3)18-21(31-5)25-17(10-30-4)26-22(18)32-19/h6-9H,10H2,1-5H3,(H,24,29). The fourth-order valence-corrected chi connectivity index (χ4v) is 4.60. The minimum atomic E-state index is -0.487. The molecule has 8 nitrogen and oxygen atoms in total. The zero-order chi connectivity index (χ0) is 23.0. The summed E-state index contributed by atoms with van der Waals surface area (Å²) < 4.78 is 26.8. The van der Waals surface area contributed by atoms with E-state index in [1.807, 2.05) is 26.8 Å². The average Bonchev–Trinajstić information content (AvgIpc) is 3.26. The maximum atomic E-state index is 14.8. The number of ether oxygens (including phenoxy) is 2. The highest BCUT2D eigenvalue weighted by Crippen LogP contribution is 2.35. The van der Waals surface area contributed by atoms with Gasteiger partial charge in [0.05, 0.1) is 23.1 Å². The molecule has 4 rings (SSSR count). The predicted octanol–water partition coefficient (Wildman–Crippen LogP) is 4.35.